The van der Waals surface area contributed by atoms with Gasteiger partial charge >= 0.3 is 6.03 Å². The maximum absolute atomic E-state index is 12.2. The van der Waals surface area contributed by atoms with E-state index in [4.69, 9.17) is 0 Å². The van der Waals surface area contributed by atoms with Crippen LogP contribution in [-0.2, 0) is 13.0 Å². The van der Waals surface area contributed by atoms with Crippen LogP contribution in [0.25, 0.3) is 0 Å². The molecule has 0 aromatic heterocycles. The molecular formula is C19H18N2O. The molecule has 0 saturated heterocycles. The fourth-order valence-corrected chi connectivity index (χ4v) is 2.57. The zero-order chi connectivity index (χ0) is 15.2. The average molecular weight is 290 g/mol. The molecule has 0 bridgehead atoms. The van der Waals surface area contributed by atoms with Crippen LogP contribution in [0.5, 0.6) is 0 Å². The number of nitrogens with zero attached hydrogens (tertiary/aromatic N) is 1. The van der Waals surface area contributed by atoms with Crippen LogP contribution in [0.15, 0.2) is 54.6 Å². The molecule has 0 unspecified atom stereocenters. The second-order valence-electron chi connectivity index (χ2n) is 5.27. The maximum atomic E-state index is 12.2. The first-order chi connectivity index (χ1) is 10.8. The molecule has 2 aromatic carbocycles. The minimum absolute atomic E-state index is 0.0446. The number of benzene rings is 2. The van der Waals surface area contributed by atoms with E-state index in [9.17, 15) is 4.79 Å². The van der Waals surface area contributed by atoms with E-state index in [0.717, 1.165) is 18.5 Å². The van der Waals surface area contributed by atoms with Gasteiger partial charge in [-0.3, -0.25) is 0 Å². The lowest BCUT2D eigenvalue weighted by Gasteiger charge is -2.28. The smallest absolute Gasteiger partial charge is 0.318 e. The van der Waals surface area contributed by atoms with Crippen LogP contribution in [0, 0.1) is 11.8 Å². The molecule has 3 rings (SSSR count). The number of amides is 2. The number of hydrogen-bond acceptors (Lipinski definition) is 1. The number of rotatable bonds is 1. The predicted octanol–water partition coefficient (Wildman–Crippen LogP) is 2.81. The van der Waals surface area contributed by atoms with Crippen LogP contribution in [0.4, 0.5) is 4.79 Å². The lowest BCUT2D eigenvalue weighted by Crippen LogP contribution is -2.42. The Morgan fingerprint density at radius 3 is 2.59 bits per heavy atom. The van der Waals surface area contributed by atoms with Crippen molar-refractivity contribution in [2.45, 2.75) is 13.0 Å². The molecule has 2 aromatic rings. The number of urea groups is 1. The van der Waals surface area contributed by atoms with Crippen molar-refractivity contribution in [2.24, 2.45) is 0 Å². The van der Waals surface area contributed by atoms with Crippen LogP contribution in [-0.4, -0.2) is 24.0 Å². The molecule has 0 spiro atoms. The van der Waals surface area contributed by atoms with Crippen molar-refractivity contribution in [1.82, 2.24) is 10.2 Å². The van der Waals surface area contributed by atoms with Gasteiger partial charge in [0, 0.05) is 18.7 Å². The standard InChI is InChI=1S/C19H18N2O/c22-19(20-13-6-9-16-7-2-1-3-8-16)21-14-12-17-10-4-5-11-18(17)15-21/h1-5,7-8,10-11H,12-15H2,(H,20,22). The van der Waals surface area contributed by atoms with Gasteiger partial charge in [0.2, 0.25) is 0 Å². The summed E-state index contributed by atoms with van der Waals surface area (Å²) < 4.78 is 0. The highest BCUT2D eigenvalue weighted by atomic mass is 16.2. The Labute approximate surface area is 131 Å². The Hall–Kier alpha value is -2.73. The number of hydrogen-bond donors (Lipinski definition) is 1. The normalized spacial score (nSPS) is 12.8. The molecule has 1 N–H and O–H groups in total. The second kappa shape index (κ2) is 6.82. The Bertz CT molecular complexity index is 713. The summed E-state index contributed by atoms with van der Waals surface area (Å²) in [6.45, 7) is 1.80. The van der Waals surface area contributed by atoms with Crippen LogP contribution >= 0.6 is 0 Å². The minimum atomic E-state index is -0.0446. The minimum Gasteiger partial charge on any atom is -0.327 e. The van der Waals surface area contributed by atoms with E-state index in [2.05, 4.69) is 29.3 Å². The third kappa shape index (κ3) is 3.48. The zero-order valence-corrected chi connectivity index (χ0v) is 12.4. The highest BCUT2D eigenvalue weighted by Crippen LogP contribution is 2.18. The molecule has 0 saturated carbocycles. The van der Waals surface area contributed by atoms with Gasteiger partial charge in [-0.15, -0.1) is 0 Å². The molecule has 0 atom stereocenters. The van der Waals surface area contributed by atoms with Crippen LogP contribution in [0.2, 0.25) is 0 Å². The highest BCUT2D eigenvalue weighted by Gasteiger charge is 2.19. The monoisotopic (exact) mass is 290 g/mol. The van der Waals surface area contributed by atoms with Gasteiger partial charge in [-0.2, -0.15) is 0 Å². The van der Waals surface area contributed by atoms with Gasteiger partial charge in [0.25, 0.3) is 0 Å². The molecule has 3 heteroatoms. The van der Waals surface area contributed by atoms with E-state index in [1.165, 1.54) is 11.1 Å². The molecule has 22 heavy (non-hydrogen) atoms. The highest BCUT2D eigenvalue weighted by molar-refractivity contribution is 5.74. The van der Waals surface area contributed by atoms with E-state index in [-0.39, 0.29) is 6.03 Å². The van der Waals surface area contributed by atoms with E-state index in [1.807, 2.05) is 47.4 Å². The summed E-state index contributed by atoms with van der Waals surface area (Å²) in [5.41, 5.74) is 3.54. The van der Waals surface area contributed by atoms with Gasteiger partial charge in [-0.1, -0.05) is 54.3 Å². The quantitative estimate of drug-likeness (QED) is 0.805. The third-order valence-electron chi connectivity index (χ3n) is 3.75. The molecule has 2 amide bonds. The molecule has 1 heterocycles. The summed E-state index contributed by atoms with van der Waals surface area (Å²) in [5, 5.41) is 2.87. The fourth-order valence-electron chi connectivity index (χ4n) is 2.57. The molecule has 110 valence electrons. The van der Waals surface area contributed by atoms with Crippen molar-refractivity contribution in [1.29, 1.82) is 0 Å². The van der Waals surface area contributed by atoms with E-state index >= 15 is 0 Å². The van der Waals surface area contributed by atoms with E-state index in [1.54, 1.807) is 0 Å². The van der Waals surface area contributed by atoms with Crippen molar-refractivity contribution in [3.05, 3.63) is 71.3 Å². The average Bonchev–Trinajstić information content (AvgIpc) is 2.59. The third-order valence-corrected chi connectivity index (χ3v) is 3.75. The molecular weight excluding hydrogens is 272 g/mol. The molecule has 0 radical (unpaired) electrons. The first-order valence-corrected chi connectivity index (χ1v) is 7.46. The van der Waals surface area contributed by atoms with Crippen molar-refractivity contribution < 1.29 is 4.79 Å². The van der Waals surface area contributed by atoms with Gasteiger partial charge in [0.05, 0.1) is 6.54 Å². The lowest BCUT2D eigenvalue weighted by molar-refractivity contribution is 0.193. The number of nitrogens with one attached hydrogen (secondary N) is 1. The number of carbonyl (C=O) groups is 1. The zero-order valence-electron chi connectivity index (χ0n) is 12.4. The Kier molecular flexibility index (Phi) is 4.41. The molecule has 1 aliphatic rings. The molecule has 3 nitrogen and oxygen atoms in total. The van der Waals surface area contributed by atoms with Gasteiger partial charge in [-0.25, -0.2) is 4.79 Å². The van der Waals surface area contributed by atoms with Crippen LogP contribution in [0.3, 0.4) is 0 Å². The largest absolute Gasteiger partial charge is 0.327 e. The summed E-state index contributed by atoms with van der Waals surface area (Å²) in [6.07, 6.45) is 0.916. The molecule has 1 aliphatic heterocycles. The van der Waals surface area contributed by atoms with Crippen molar-refractivity contribution in [3.63, 3.8) is 0 Å². The summed E-state index contributed by atoms with van der Waals surface area (Å²) in [7, 11) is 0. The Morgan fingerprint density at radius 1 is 1.05 bits per heavy atom. The summed E-state index contributed by atoms with van der Waals surface area (Å²) in [5.74, 6) is 6.02. The van der Waals surface area contributed by atoms with Gasteiger partial charge in [0.15, 0.2) is 0 Å². The van der Waals surface area contributed by atoms with Crippen LogP contribution < -0.4 is 5.32 Å². The summed E-state index contributed by atoms with van der Waals surface area (Å²) in [4.78, 5) is 14.0. The van der Waals surface area contributed by atoms with Crippen molar-refractivity contribution >= 4 is 6.03 Å². The molecule has 0 fully saturated rings. The predicted molar refractivity (Wildman–Crippen MR) is 87.3 cm³/mol. The van der Waals surface area contributed by atoms with E-state index in [0.29, 0.717) is 13.1 Å². The molecule has 0 aliphatic carbocycles. The van der Waals surface area contributed by atoms with E-state index < -0.39 is 0 Å². The Morgan fingerprint density at radius 2 is 1.77 bits per heavy atom. The Balaban J connectivity index is 1.52. The van der Waals surface area contributed by atoms with Gasteiger partial charge < -0.3 is 10.2 Å². The van der Waals surface area contributed by atoms with Crippen molar-refractivity contribution in [2.75, 3.05) is 13.1 Å². The van der Waals surface area contributed by atoms with Gasteiger partial charge in [-0.05, 0) is 29.7 Å². The second-order valence-corrected chi connectivity index (χ2v) is 5.27. The lowest BCUT2D eigenvalue weighted by atomic mass is 10.0. The summed E-state index contributed by atoms with van der Waals surface area (Å²) in [6, 6.07) is 18.0. The maximum Gasteiger partial charge on any atom is 0.318 e. The first kappa shape index (κ1) is 14.2. The SMILES string of the molecule is O=C(NCC#Cc1ccccc1)N1CCc2ccccc2C1. The first-order valence-electron chi connectivity index (χ1n) is 7.46. The van der Waals surface area contributed by atoms with Crippen molar-refractivity contribution in [3.8, 4) is 11.8 Å². The van der Waals surface area contributed by atoms with Gasteiger partial charge in [0.1, 0.15) is 0 Å². The summed E-state index contributed by atoms with van der Waals surface area (Å²) >= 11 is 0. The fraction of sp³-hybridized carbons (Fsp3) is 0.211. The number of fused-ring (bicyclic) bond motifs is 1. The number of carbonyl (C=O) groups excluding carboxylic acids is 1. The topological polar surface area (TPSA) is 32.3 Å². The van der Waals surface area contributed by atoms with Crippen LogP contribution in [0.1, 0.15) is 16.7 Å².